The van der Waals surface area contributed by atoms with Gasteiger partial charge in [-0.3, -0.25) is 4.79 Å². The van der Waals surface area contributed by atoms with Crippen molar-refractivity contribution < 1.29 is 27.5 Å². The van der Waals surface area contributed by atoms with Crippen LogP contribution in [0.1, 0.15) is 27.0 Å². The van der Waals surface area contributed by atoms with E-state index in [4.69, 9.17) is 10.5 Å². The largest absolute Gasteiger partial charge is 0.452 e. The molecule has 1 amide bonds. The molecule has 2 aromatic carbocycles. The molecule has 5 nitrogen and oxygen atoms in total. The maximum absolute atomic E-state index is 12.6. The van der Waals surface area contributed by atoms with Gasteiger partial charge in [0.05, 0.1) is 11.1 Å². The van der Waals surface area contributed by atoms with Crippen LogP contribution in [0.2, 0.25) is 0 Å². The summed E-state index contributed by atoms with van der Waals surface area (Å²) < 4.78 is 42.6. The van der Waals surface area contributed by atoms with E-state index in [9.17, 15) is 22.8 Å². The highest BCUT2D eigenvalue weighted by Crippen LogP contribution is 2.31. The van der Waals surface area contributed by atoms with Crippen LogP contribution >= 0.6 is 0 Å². The first-order chi connectivity index (χ1) is 12.7. The Kier molecular flexibility index (Phi) is 6.44. The summed E-state index contributed by atoms with van der Waals surface area (Å²) in [6, 6.07) is 10.1. The third-order valence-electron chi connectivity index (χ3n) is 3.91. The second-order valence-corrected chi connectivity index (χ2v) is 5.90. The Bertz CT molecular complexity index is 835. The summed E-state index contributed by atoms with van der Waals surface area (Å²) >= 11 is 0. The molecule has 3 N–H and O–H groups in total. The number of carbonyl (C=O) groups excluding carboxylic acids is 2. The number of hydrogen-bond acceptors (Lipinski definition) is 4. The number of nitrogen functional groups attached to an aromatic ring is 1. The van der Waals surface area contributed by atoms with Crippen LogP contribution in [0, 0.1) is 6.92 Å². The third kappa shape index (κ3) is 5.73. The number of rotatable bonds is 6. The fourth-order valence-electron chi connectivity index (χ4n) is 2.41. The molecule has 0 bridgehead atoms. The zero-order chi connectivity index (χ0) is 20.0. The zero-order valence-electron chi connectivity index (χ0n) is 14.6. The summed E-state index contributed by atoms with van der Waals surface area (Å²) in [7, 11) is 0. The Labute approximate surface area is 154 Å². The number of esters is 1. The van der Waals surface area contributed by atoms with E-state index in [0.29, 0.717) is 19.0 Å². The molecule has 8 heteroatoms. The smallest absolute Gasteiger partial charge is 0.416 e. The average Bonchev–Trinajstić information content (AvgIpc) is 2.60. The molecule has 2 rings (SSSR count). The van der Waals surface area contributed by atoms with Gasteiger partial charge < -0.3 is 15.8 Å². The number of ether oxygens (including phenoxy) is 1. The Hall–Kier alpha value is -3.03. The molecule has 0 unspecified atom stereocenters. The van der Waals surface area contributed by atoms with E-state index in [0.717, 1.165) is 23.3 Å². The van der Waals surface area contributed by atoms with E-state index < -0.39 is 30.2 Å². The molecule has 0 spiro atoms. The lowest BCUT2D eigenvalue weighted by Gasteiger charge is -2.11. The lowest BCUT2D eigenvalue weighted by atomic mass is 10.1. The lowest BCUT2D eigenvalue weighted by Crippen LogP contribution is -2.30. The van der Waals surface area contributed by atoms with Crippen LogP contribution in [0.5, 0.6) is 0 Å². The Balaban J connectivity index is 1.83. The van der Waals surface area contributed by atoms with E-state index in [1.165, 1.54) is 0 Å². The second kappa shape index (κ2) is 8.57. The molecule has 0 aliphatic heterocycles. The van der Waals surface area contributed by atoms with Gasteiger partial charge in [-0.15, -0.1) is 0 Å². The molecular formula is C19H19F3N2O3. The molecule has 0 aliphatic carbocycles. The highest BCUT2D eigenvalue weighted by Gasteiger charge is 2.31. The number of anilines is 1. The molecule has 2 aromatic rings. The van der Waals surface area contributed by atoms with Crippen LogP contribution < -0.4 is 11.1 Å². The average molecular weight is 380 g/mol. The van der Waals surface area contributed by atoms with Gasteiger partial charge in [0, 0.05) is 12.2 Å². The monoisotopic (exact) mass is 380 g/mol. The number of nitrogens with one attached hydrogen (secondary N) is 1. The Morgan fingerprint density at radius 3 is 2.48 bits per heavy atom. The van der Waals surface area contributed by atoms with Gasteiger partial charge in [-0.05, 0) is 42.7 Å². The number of hydrogen-bond donors (Lipinski definition) is 2. The van der Waals surface area contributed by atoms with Gasteiger partial charge in [0.1, 0.15) is 0 Å². The number of benzene rings is 2. The van der Waals surface area contributed by atoms with Crippen molar-refractivity contribution in [3.8, 4) is 0 Å². The quantitative estimate of drug-likeness (QED) is 0.596. The van der Waals surface area contributed by atoms with Crippen LogP contribution in [0.15, 0.2) is 42.5 Å². The van der Waals surface area contributed by atoms with Crippen LogP contribution in [-0.2, 0) is 22.1 Å². The van der Waals surface area contributed by atoms with Crippen molar-refractivity contribution in [3.63, 3.8) is 0 Å². The summed E-state index contributed by atoms with van der Waals surface area (Å²) in [5.74, 6) is -1.47. The summed E-state index contributed by atoms with van der Waals surface area (Å²) in [5, 5.41) is 2.61. The molecule has 0 heterocycles. The van der Waals surface area contributed by atoms with Gasteiger partial charge in [-0.1, -0.05) is 24.3 Å². The first-order valence-corrected chi connectivity index (χ1v) is 8.13. The minimum absolute atomic E-state index is 0.226. The maximum atomic E-state index is 12.6. The SMILES string of the molecule is Cc1ccccc1CCNC(=O)COC(=O)c1ccc(C(F)(F)F)cc1N. The van der Waals surface area contributed by atoms with Gasteiger partial charge in [0.25, 0.3) is 5.91 Å². The van der Waals surface area contributed by atoms with Gasteiger partial charge in [-0.25, -0.2) is 4.79 Å². The lowest BCUT2D eigenvalue weighted by molar-refractivity contribution is -0.137. The number of aryl methyl sites for hydroxylation is 1. The van der Waals surface area contributed by atoms with Gasteiger partial charge in [0.2, 0.25) is 0 Å². The number of carbonyl (C=O) groups is 2. The van der Waals surface area contributed by atoms with Gasteiger partial charge in [0.15, 0.2) is 6.61 Å². The first-order valence-electron chi connectivity index (χ1n) is 8.13. The van der Waals surface area contributed by atoms with E-state index >= 15 is 0 Å². The van der Waals surface area contributed by atoms with Crippen molar-refractivity contribution in [1.82, 2.24) is 5.32 Å². The molecule has 0 saturated heterocycles. The molecule has 0 fully saturated rings. The van der Waals surface area contributed by atoms with E-state index in [2.05, 4.69) is 5.32 Å². The molecule has 0 atom stereocenters. The number of alkyl halides is 3. The highest BCUT2D eigenvalue weighted by molar-refractivity contribution is 5.96. The van der Waals surface area contributed by atoms with E-state index in [1.54, 1.807) is 0 Å². The number of nitrogens with two attached hydrogens (primary N) is 1. The Morgan fingerprint density at radius 1 is 1.15 bits per heavy atom. The van der Waals surface area contributed by atoms with Crippen LogP contribution in [-0.4, -0.2) is 25.0 Å². The summed E-state index contributed by atoms with van der Waals surface area (Å²) in [5.41, 5.74) is 6.12. The van der Waals surface area contributed by atoms with Crippen molar-refractivity contribution in [2.45, 2.75) is 19.5 Å². The topological polar surface area (TPSA) is 81.4 Å². The fourth-order valence-corrected chi connectivity index (χ4v) is 2.41. The number of amides is 1. The standard InChI is InChI=1S/C19H19F3N2O3/c1-12-4-2-3-5-13(12)8-9-24-17(25)11-27-18(26)15-7-6-14(10-16(15)23)19(20,21)22/h2-7,10H,8-9,11,23H2,1H3,(H,24,25). The third-order valence-corrected chi connectivity index (χ3v) is 3.91. The van der Waals surface area contributed by atoms with E-state index in [1.807, 2.05) is 31.2 Å². The predicted molar refractivity (Wildman–Crippen MR) is 94.0 cm³/mol. The fraction of sp³-hybridized carbons (Fsp3) is 0.263. The van der Waals surface area contributed by atoms with Crippen molar-refractivity contribution in [3.05, 3.63) is 64.7 Å². The summed E-state index contributed by atoms with van der Waals surface area (Å²) in [6.07, 6.45) is -3.94. The Morgan fingerprint density at radius 2 is 1.85 bits per heavy atom. The molecular weight excluding hydrogens is 361 g/mol. The molecule has 144 valence electrons. The normalized spacial score (nSPS) is 11.1. The molecule has 27 heavy (non-hydrogen) atoms. The maximum Gasteiger partial charge on any atom is 0.416 e. The summed E-state index contributed by atoms with van der Waals surface area (Å²) in [4.78, 5) is 23.7. The van der Waals surface area contributed by atoms with Crippen LogP contribution in [0.4, 0.5) is 18.9 Å². The minimum Gasteiger partial charge on any atom is -0.452 e. The highest BCUT2D eigenvalue weighted by atomic mass is 19.4. The van der Waals surface area contributed by atoms with Crippen molar-refractivity contribution in [2.24, 2.45) is 0 Å². The minimum atomic E-state index is -4.56. The van der Waals surface area contributed by atoms with Crippen LogP contribution in [0.3, 0.4) is 0 Å². The molecule has 0 radical (unpaired) electrons. The van der Waals surface area contributed by atoms with Crippen LogP contribution in [0.25, 0.3) is 0 Å². The summed E-state index contributed by atoms with van der Waals surface area (Å²) in [6.45, 7) is 1.78. The second-order valence-electron chi connectivity index (χ2n) is 5.90. The first kappa shape index (κ1) is 20.3. The zero-order valence-corrected chi connectivity index (χ0v) is 14.6. The van der Waals surface area contributed by atoms with Gasteiger partial charge in [-0.2, -0.15) is 13.2 Å². The van der Waals surface area contributed by atoms with Gasteiger partial charge >= 0.3 is 12.1 Å². The predicted octanol–water partition coefficient (Wildman–Crippen LogP) is 3.11. The molecule has 0 aliphatic rings. The van der Waals surface area contributed by atoms with E-state index in [-0.39, 0.29) is 11.3 Å². The molecule has 0 aromatic heterocycles. The van der Waals surface area contributed by atoms with Crippen molar-refractivity contribution in [2.75, 3.05) is 18.9 Å². The van der Waals surface area contributed by atoms with Crippen molar-refractivity contribution >= 4 is 17.6 Å². The number of halogens is 3. The van der Waals surface area contributed by atoms with Crippen molar-refractivity contribution in [1.29, 1.82) is 0 Å². The molecule has 0 saturated carbocycles.